The van der Waals surface area contributed by atoms with Crippen LogP contribution in [0.4, 0.5) is 0 Å². The molecule has 0 unspecified atom stereocenters. The van der Waals surface area contributed by atoms with Crippen molar-refractivity contribution >= 4 is 28.1 Å². The number of carbonyl (C=O) groups excluding carboxylic acids is 1. The Kier molecular flexibility index (Phi) is 4.06. The monoisotopic (exact) mass is 312 g/mol. The molecule has 2 N–H and O–H groups in total. The van der Waals surface area contributed by atoms with Crippen molar-refractivity contribution < 1.29 is 4.79 Å². The van der Waals surface area contributed by atoms with E-state index in [4.69, 9.17) is 0 Å². The second-order valence-corrected chi connectivity index (χ2v) is 6.23. The molecule has 0 aliphatic heterocycles. The summed E-state index contributed by atoms with van der Waals surface area (Å²) in [5.74, 6) is -0.0776. The summed E-state index contributed by atoms with van der Waals surface area (Å²) in [6.07, 6.45) is 0.349. The van der Waals surface area contributed by atoms with Crippen LogP contribution in [0.3, 0.4) is 0 Å². The lowest BCUT2D eigenvalue weighted by atomic mass is 10.1. The van der Waals surface area contributed by atoms with Crippen molar-refractivity contribution in [1.29, 1.82) is 0 Å². The van der Waals surface area contributed by atoms with E-state index >= 15 is 0 Å². The molecule has 4 nitrogen and oxygen atoms in total. The van der Waals surface area contributed by atoms with E-state index < -0.39 is 0 Å². The molecule has 0 aliphatic rings. The number of amides is 1. The molecule has 0 spiro atoms. The van der Waals surface area contributed by atoms with Crippen LogP contribution in [0.1, 0.15) is 16.0 Å². The smallest absolute Gasteiger partial charge is 0.253 e. The number of pyridine rings is 1. The molecule has 0 fully saturated rings. The first-order valence-electron chi connectivity index (χ1n) is 7.04. The summed E-state index contributed by atoms with van der Waals surface area (Å²) in [5, 5.41) is 5.72. The van der Waals surface area contributed by atoms with E-state index in [9.17, 15) is 9.59 Å². The summed E-state index contributed by atoms with van der Waals surface area (Å²) < 4.78 is 0. The zero-order valence-corrected chi connectivity index (χ0v) is 13.0. The van der Waals surface area contributed by atoms with E-state index in [0.717, 1.165) is 21.3 Å². The summed E-state index contributed by atoms with van der Waals surface area (Å²) in [6.45, 7) is 2.20. The highest BCUT2D eigenvalue weighted by Crippen LogP contribution is 2.15. The van der Waals surface area contributed by atoms with Gasteiger partial charge >= 0.3 is 0 Å². The van der Waals surface area contributed by atoms with Gasteiger partial charge in [0.1, 0.15) is 0 Å². The maximum Gasteiger partial charge on any atom is 0.253 e. The van der Waals surface area contributed by atoms with Crippen molar-refractivity contribution in [1.82, 2.24) is 10.3 Å². The Bertz CT molecular complexity index is 866. The van der Waals surface area contributed by atoms with Crippen molar-refractivity contribution in [2.45, 2.75) is 19.9 Å². The number of thiophene rings is 1. The number of aromatic nitrogens is 1. The number of aryl methyl sites for hydroxylation is 1. The number of fused-ring (bicyclic) bond motifs is 1. The third-order valence-corrected chi connectivity index (χ3v) is 4.43. The van der Waals surface area contributed by atoms with Crippen LogP contribution in [0, 0.1) is 6.92 Å². The number of nitrogens with one attached hydrogen (secondary N) is 2. The number of hydrogen-bond donors (Lipinski definition) is 2. The fourth-order valence-electron chi connectivity index (χ4n) is 2.39. The van der Waals surface area contributed by atoms with Gasteiger partial charge in [0.05, 0.1) is 11.9 Å². The minimum Gasteiger partial charge on any atom is -0.352 e. The Balaban J connectivity index is 1.75. The largest absolute Gasteiger partial charge is 0.352 e. The Hall–Kier alpha value is -2.40. The molecule has 0 bridgehead atoms. The zero-order chi connectivity index (χ0) is 15.5. The van der Waals surface area contributed by atoms with Crippen LogP contribution in [0.5, 0.6) is 0 Å². The molecule has 2 aromatic heterocycles. The van der Waals surface area contributed by atoms with Gasteiger partial charge in [-0.25, -0.2) is 0 Å². The molecule has 1 amide bonds. The number of benzene rings is 1. The molecule has 0 saturated carbocycles. The molecule has 1 aromatic carbocycles. The molecule has 112 valence electrons. The lowest BCUT2D eigenvalue weighted by molar-refractivity contribution is -0.120. The van der Waals surface area contributed by atoms with E-state index in [1.54, 1.807) is 11.3 Å². The first-order valence-corrected chi connectivity index (χ1v) is 7.92. The Morgan fingerprint density at radius 1 is 1.27 bits per heavy atom. The summed E-state index contributed by atoms with van der Waals surface area (Å²) in [6, 6.07) is 11.6. The maximum atomic E-state index is 12.1. The van der Waals surface area contributed by atoms with Gasteiger partial charge in [-0.15, -0.1) is 11.3 Å². The van der Waals surface area contributed by atoms with Crippen LogP contribution in [-0.2, 0) is 17.8 Å². The normalized spacial score (nSPS) is 10.8. The molecule has 0 radical (unpaired) electrons. The van der Waals surface area contributed by atoms with Crippen LogP contribution >= 0.6 is 11.3 Å². The minimum atomic E-state index is -0.154. The highest BCUT2D eigenvalue weighted by Gasteiger charge is 2.08. The van der Waals surface area contributed by atoms with E-state index in [2.05, 4.69) is 10.3 Å². The first kappa shape index (κ1) is 14.5. The SMILES string of the molecule is Cc1cccc2cc(CNC(=O)Cc3cccs3)c(=O)[nH]c12. The quantitative estimate of drug-likeness (QED) is 0.778. The molecule has 3 rings (SSSR count). The lowest BCUT2D eigenvalue weighted by Crippen LogP contribution is -2.27. The number of hydrogen-bond acceptors (Lipinski definition) is 3. The van der Waals surface area contributed by atoms with Gasteiger partial charge in [0, 0.05) is 17.0 Å². The summed E-state index contributed by atoms with van der Waals surface area (Å²) in [4.78, 5) is 27.9. The number of aromatic amines is 1. The van der Waals surface area contributed by atoms with Crippen LogP contribution in [0.15, 0.2) is 46.6 Å². The van der Waals surface area contributed by atoms with Crippen LogP contribution in [0.2, 0.25) is 0 Å². The van der Waals surface area contributed by atoms with Gasteiger partial charge in [0.15, 0.2) is 0 Å². The molecule has 5 heteroatoms. The molecule has 0 atom stereocenters. The van der Waals surface area contributed by atoms with Crippen LogP contribution in [0.25, 0.3) is 10.9 Å². The van der Waals surface area contributed by atoms with Gasteiger partial charge in [0.2, 0.25) is 5.91 Å². The second-order valence-electron chi connectivity index (χ2n) is 5.20. The standard InChI is InChI=1S/C17H16N2O2S/c1-11-4-2-5-12-8-13(17(21)19-16(11)12)10-18-15(20)9-14-6-3-7-22-14/h2-8H,9-10H2,1H3,(H,18,20)(H,19,21). The fraction of sp³-hybridized carbons (Fsp3) is 0.176. The van der Waals surface area contributed by atoms with Crippen LogP contribution in [-0.4, -0.2) is 10.9 Å². The van der Waals surface area contributed by atoms with Gasteiger partial charge in [-0.05, 0) is 35.4 Å². The predicted octanol–water partition coefficient (Wildman–Crippen LogP) is 2.76. The zero-order valence-electron chi connectivity index (χ0n) is 12.2. The van der Waals surface area contributed by atoms with Crippen molar-refractivity contribution in [3.8, 4) is 0 Å². The number of H-pyrrole nitrogens is 1. The first-order chi connectivity index (χ1) is 10.6. The van der Waals surface area contributed by atoms with Crippen molar-refractivity contribution in [3.63, 3.8) is 0 Å². The number of para-hydroxylation sites is 1. The van der Waals surface area contributed by atoms with E-state index in [0.29, 0.717) is 12.0 Å². The van der Waals surface area contributed by atoms with Gasteiger partial charge < -0.3 is 10.3 Å². The Morgan fingerprint density at radius 3 is 2.91 bits per heavy atom. The van der Waals surface area contributed by atoms with E-state index in [1.165, 1.54) is 0 Å². The molecule has 0 aliphatic carbocycles. The van der Waals surface area contributed by atoms with Crippen LogP contribution < -0.4 is 10.9 Å². The molecule has 3 aromatic rings. The Morgan fingerprint density at radius 2 is 2.14 bits per heavy atom. The molecular weight excluding hydrogens is 296 g/mol. The summed E-state index contributed by atoms with van der Waals surface area (Å²) in [5.41, 5.74) is 2.29. The fourth-order valence-corrected chi connectivity index (χ4v) is 3.09. The molecule has 2 heterocycles. The van der Waals surface area contributed by atoms with Gasteiger partial charge in [0.25, 0.3) is 5.56 Å². The third kappa shape index (κ3) is 3.09. The summed E-state index contributed by atoms with van der Waals surface area (Å²) >= 11 is 1.55. The molecule has 22 heavy (non-hydrogen) atoms. The minimum absolute atomic E-state index is 0.0776. The van der Waals surface area contributed by atoms with Crippen molar-refractivity contribution in [2.24, 2.45) is 0 Å². The average molecular weight is 312 g/mol. The van der Waals surface area contributed by atoms with Crippen molar-refractivity contribution in [3.05, 3.63) is 68.1 Å². The predicted molar refractivity (Wildman–Crippen MR) is 89.2 cm³/mol. The van der Waals surface area contributed by atoms with Gasteiger partial charge in [-0.3, -0.25) is 9.59 Å². The van der Waals surface area contributed by atoms with Crippen molar-refractivity contribution in [2.75, 3.05) is 0 Å². The maximum absolute atomic E-state index is 12.1. The Labute approximate surface area is 131 Å². The summed E-state index contributed by atoms with van der Waals surface area (Å²) in [7, 11) is 0. The second kappa shape index (κ2) is 6.15. The number of carbonyl (C=O) groups is 1. The third-order valence-electron chi connectivity index (χ3n) is 3.56. The highest BCUT2D eigenvalue weighted by molar-refractivity contribution is 7.10. The topological polar surface area (TPSA) is 62.0 Å². The number of rotatable bonds is 4. The molecule has 0 saturated heterocycles. The van der Waals surface area contributed by atoms with Gasteiger partial charge in [-0.2, -0.15) is 0 Å². The molecular formula is C17H16N2O2S. The lowest BCUT2D eigenvalue weighted by Gasteiger charge is -2.07. The van der Waals surface area contributed by atoms with E-state index in [1.807, 2.05) is 48.7 Å². The van der Waals surface area contributed by atoms with Gasteiger partial charge in [-0.1, -0.05) is 24.3 Å². The van der Waals surface area contributed by atoms with E-state index in [-0.39, 0.29) is 18.0 Å². The highest BCUT2D eigenvalue weighted by atomic mass is 32.1. The average Bonchev–Trinajstić information content (AvgIpc) is 2.99.